The van der Waals surface area contributed by atoms with Gasteiger partial charge in [0.25, 0.3) is 0 Å². The zero-order valence-corrected chi connectivity index (χ0v) is 16.3. The summed E-state index contributed by atoms with van der Waals surface area (Å²) >= 11 is 0.916. The van der Waals surface area contributed by atoms with Gasteiger partial charge >= 0.3 is 5.97 Å². The maximum absolute atomic E-state index is 12.4. The van der Waals surface area contributed by atoms with Gasteiger partial charge in [-0.1, -0.05) is 4.49 Å². The smallest absolute Gasteiger partial charge is 0.362 e. The Morgan fingerprint density at radius 3 is 2.89 bits per heavy atom. The van der Waals surface area contributed by atoms with Crippen molar-refractivity contribution in [2.45, 2.75) is 33.6 Å². The van der Waals surface area contributed by atoms with E-state index in [1.165, 1.54) is 6.20 Å². The van der Waals surface area contributed by atoms with Crippen LogP contribution >= 0.6 is 11.5 Å². The number of carbonyl (C=O) groups excluding carboxylic acids is 2. The predicted octanol–water partition coefficient (Wildman–Crippen LogP) is 1.82. The molecule has 0 aliphatic rings. The Kier molecular flexibility index (Phi) is 5.60. The minimum absolute atomic E-state index is 0.00350. The number of esters is 1. The summed E-state index contributed by atoms with van der Waals surface area (Å²) in [6, 6.07) is 2.06. The van der Waals surface area contributed by atoms with E-state index in [0.29, 0.717) is 17.6 Å². The number of amides is 1. The quantitative estimate of drug-likeness (QED) is 0.620. The van der Waals surface area contributed by atoms with Crippen LogP contribution in [-0.2, 0) is 16.0 Å². The number of anilines is 1. The third-order valence-corrected chi connectivity index (χ3v) is 4.78. The zero-order valence-electron chi connectivity index (χ0n) is 15.5. The van der Waals surface area contributed by atoms with Crippen molar-refractivity contribution in [3.05, 3.63) is 34.4 Å². The fourth-order valence-electron chi connectivity index (χ4n) is 2.79. The van der Waals surface area contributed by atoms with Crippen molar-refractivity contribution in [1.82, 2.24) is 24.2 Å². The number of hydrogen-bond donors (Lipinski definition) is 1. The molecule has 0 atom stereocenters. The van der Waals surface area contributed by atoms with Gasteiger partial charge in [-0.05, 0) is 32.8 Å². The molecule has 0 radical (unpaired) electrons. The SMILES string of the molecule is CCOC(=O)c1nnsc1NC(=O)CCc1c(C)nc2c(C#N)cnn2c1C. The highest BCUT2D eigenvalue weighted by Gasteiger charge is 2.20. The molecule has 3 heterocycles. The number of nitrogens with zero attached hydrogens (tertiary/aromatic N) is 6. The number of nitriles is 1. The highest BCUT2D eigenvalue weighted by Crippen LogP contribution is 2.21. The molecular formula is C17H17N7O3S. The summed E-state index contributed by atoms with van der Waals surface area (Å²) in [5.41, 5.74) is 3.34. The summed E-state index contributed by atoms with van der Waals surface area (Å²) < 4.78 is 10.2. The molecule has 10 nitrogen and oxygen atoms in total. The summed E-state index contributed by atoms with van der Waals surface area (Å²) in [7, 11) is 0. The van der Waals surface area contributed by atoms with Crippen LogP contribution in [0.4, 0.5) is 5.00 Å². The van der Waals surface area contributed by atoms with E-state index in [1.54, 1.807) is 11.4 Å². The summed E-state index contributed by atoms with van der Waals surface area (Å²) in [4.78, 5) is 28.6. The van der Waals surface area contributed by atoms with E-state index in [9.17, 15) is 9.59 Å². The molecule has 3 rings (SSSR count). The van der Waals surface area contributed by atoms with E-state index < -0.39 is 5.97 Å². The summed E-state index contributed by atoms with van der Waals surface area (Å²) in [6.45, 7) is 5.60. The fourth-order valence-corrected chi connectivity index (χ4v) is 3.36. The minimum atomic E-state index is -0.625. The molecule has 0 fully saturated rings. The van der Waals surface area contributed by atoms with Gasteiger partial charge < -0.3 is 10.1 Å². The molecule has 3 aromatic rings. The molecule has 144 valence electrons. The number of aromatic nitrogens is 5. The highest BCUT2D eigenvalue weighted by molar-refractivity contribution is 7.10. The lowest BCUT2D eigenvalue weighted by atomic mass is 10.1. The standard InChI is InChI=1S/C17H17N7O3S/c1-4-27-17(26)14-16(28-23-22-14)21-13(25)6-5-12-9(2)20-15-11(7-18)8-19-24(15)10(12)3/h8H,4-6H2,1-3H3,(H,21,25). The molecule has 0 saturated heterocycles. The Morgan fingerprint density at radius 1 is 1.39 bits per heavy atom. The van der Waals surface area contributed by atoms with E-state index in [-0.39, 0.29) is 29.6 Å². The van der Waals surface area contributed by atoms with Crippen LogP contribution in [-0.4, -0.2) is 42.7 Å². The van der Waals surface area contributed by atoms with Crippen LogP contribution in [0.3, 0.4) is 0 Å². The van der Waals surface area contributed by atoms with Crippen LogP contribution in [0.5, 0.6) is 0 Å². The third-order valence-electron chi connectivity index (χ3n) is 4.14. The monoisotopic (exact) mass is 399 g/mol. The molecular weight excluding hydrogens is 382 g/mol. The average Bonchev–Trinajstić information content (AvgIpc) is 3.28. The second-order valence-electron chi connectivity index (χ2n) is 5.89. The Labute approximate surface area is 164 Å². The lowest BCUT2D eigenvalue weighted by molar-refractivity contribution is -0.116. The van der Waals surface area contributed by atoms with Crippen LogP contribution in [0.2, 0.25) is 0 Å². The predicted molar refractivity (Wildman–Crippen MR) is 100.0 cm³/mol. The normalized spacial score (nSPS) is 10.6. The van der Waals surface area contributed by atoms with Crippen molar-refractivity contribution < 1.29 is 14.3 Å². The van der Waals surface area contributed by atoms with Crippen LogP contribution in [0.15, 0.2) is 6.20 Å². The minimum Gasteiger partial charge on any atom is -0.461 e. The summed E-state index contributed by atoms with van der Waals surface area (Å²) in [5.74, 6) is -0.909. The Morgan fingerprint density at radius 2 is 2.18 bits per heavy atom. The molecule has 0 aliphatic carbocycles. The fraction of sp³-hybridized carbons (Fsp3) is 0.353. The second kappa shape index (κ2) is 8.10. The molecule has 3 aromatic heterocycles. The van der Waals surface area contributed by atoms with Gasteiger partial charge in [-0.2, -0.15) is 10.4 Å². The first-order valence-electron chi connectivity index (χ1n) is 8.49. The third kappa shape index (κ3) is 3.67. The Hall–Kier alpha value is -3.39. The van der Waals surface area contributed by atoms with Crippen molar-refractivity contribution in [1.29, 1.82) is 5.26 Å². The van der Waals surface area contributed by atoms with Gasteiger partial charge in [0.05, 0.1) is 12.8 Å². The number of carbonyl (C=O) groups is 2. The van der Waals surface area contributed by atoms with Gasteiger partial charge in [0, 0.05) is 29.3 Å². The number of fused-ring (bicyclic) bond motifs is 1. The molecule has 0 saturated carbocycles. The van der Waals surface area contributed by atoms with Crippen molar-refractivity contribution in [3.63, 3.8) is 0 Å². The lowest BCUT2D eigenvalue weighted by Gasteiger charge is -2.11. The number of ether oxygens (including phenoxy) is 1. The molecule has 1 amide bonds. The topological polar surface area (TPSA) is 135 Å². The van der Waals surface area contributed by atoms with Gasteiger partial charge in [0.15, 0.2) is 10.6 Å². The van der Waals surface area contributed by atoms with Gasteiger partial charge in [-0.15, -0.1) is 5.10 Å². The lowest BCUT2D eigenvalue weighted by Crippen LogP contribution is -2.16. The second-order valence-corrected chi connectivity index (χ2v) is 6.64. The number of nitrogens with one attached hydrogen (secondary N) is 1. The van der Waals surface area contributed by atoms with Gasteiger partial charge in [0.1, 0.15) is 11.6 Å². The van der Waals surface area contributed by atoms with Crippen LogP contribution in [0.25, 0.3) is 5.65 Å². The van der Waals surface area contributed by atoms with Gasteiger partial charge in [0.2, 0.25) is 11.6 Å². The van der Waals surface area contributed by atoms with Crippen molar-refractivity contribution in [2.75, 3.05) is 11.9 Å². The highest BCUT2D eigenvalue weighted by atomic mass is 32.1. The number of rotatable bonds is 6. The summed E-state index contributed by atoms with van der Waals surface area (Å²) in [5, 5.41) is 20.0. The first-order chi connectivity index (χ1) is 13.5. The molecule has 0 aromatic carbocycles. The molecule has 0 unspecified atom stereocenters. The average molecular weight is 399 g/mol. The van der Waals surface area contributed by atoms with E-state index in [0.717, 1.165) is 28.5 Å². The van der Waals surface area contributed by atoms with Crippen molar-refractivity contribution in [3.8, 4) is 6.07 Å². The Balaban J connectivity index is 1.73. The molecule has 0 spiro atoms. The number of aryl methyl sites for hydroxylation is 2. The maximum atomic E-state index is 12.4. The molecule has 28 heavy (non-hydrogen) atoms. The van der Waals surface area contributed by atoms with Crippen LogP contribution < -0.4 is 5.32 Å². The summed E-state index contributed by atoms with van der Waals surface area (Å²) in [6.07, 6.45) is 2.07. The van der Waals surface area contributed by atoms with E-state index in [2.05, 4.69) is 31.1 Å². The first-order valence-corrected chi connectivity index (χ1v) is 9.26. The molecule has 1 N–H and O–H groups in total. The van der Waals surface area contributed by atoms with Crippen molar-refractivity contribution in [2.24, 2.45) is 0 Å². The molecule has 11 heteroatoms. The molecule has 0 bridgehead atoms. The number of hydrogen-bond acceptors (Lipinski definition) is 9. The van der Waals surface area contributed by atoms with E-state index in [4.69, 9.17) is 10.00 Å². The van der Waals surface area contributed by atoms with Gasteiger partial charge in [-0.25, -0.2) is 14.3 Å². The van der Waals surface area contributed by atoms with Crippen molar-refractivity contribution >= 4 is 34.1 Å². The van der Waals surface area contributed by atoms with E-state index >= 15 is 0 Å². The van der Waals surface area contributed by atoms with Crippen LogP contribution in [0, 0.1) is 25.2 Å². The first kappa shape index (κ1) is 19.4. The van der Waals surface area contributed by atoms with E-state index in [1.807, 2.05) is 13.8 Å². The zero-order chi connectivity index (χ0) is 20.3. The maximum Gasteiger partial charge on any atom is 0.362 e. The molecule has 0 aliphatic heterocycles. The Bertz CT molecular complexity index is 1100. The van der Waals surface area contributed by atoms with Crippen LogP contribution in [0.1, 0.15) is 46.3 Å². The van der Waals surface area contributed by atoms with Gasteiger partial charge in [-0.3, -0.25) is 4.79 Å². The largest absolute Gasteiger partial charge is 0.461 e.